The first kappa shape index (κ1) is 25.5. The summed E-state index contributed by atoms with van der Waals surface area (Å²) in [7, 11) is 1.75. The van der Waals surface area contributed by atoms with Gasteiger partial charge >= 0.3 is 6.09 Å². The van der Waals surface area contributed by atoms with Crippen molar-refractivity contribution in [1.29, 1.82) is 0 Å². The molecule has 0 aliphatic heterocycles. The van der Waals surface area contributed by atoms with E-state index in [2.05, 4.69) is 29.5 Å². The fourth-order valence-electron chi connectivity index (χ4n) is 2.71. The molecular weight excluding hydrogens is 344 g/mol. The molecule has 0 rings (SSSR count). The second-order valence-corrected chi connectivity index (χ2v) is 8.23. The van der Waals surface area contributed by atoms with Crippen LogP contribution in [0.15, 0.2) is 4.99 Å². The van der Waals surface area contributed by atoms with Gasteiger partial charge in [-0.15, -0.1) is 0 Å². The zero-order chi connectivity index (χ0) is 20.9. The third-order valence-corrected chi connectivity index (χ3v) is 3.99. The Morgan fingerprint density at radius 2 is 1.89 bits per heavy atom. The molecule has 2 unspecified atom stereocenters. The van der Waals surface area contributed by atoms with E-state index in [1.165, 1.54) is 0 Å². The summed E-state index contributed by atoms with van der Waals surface area (Å²) >= 11 is 0. The van der Waals surface area contributed by atoms with Gasteiger partial charge in [-0.05, 0) is 52.4 Å². The number of guanidine groups is 1. The van der Waals surface area contributed by atoms with E-state index in [4.69, 9.17) is 4.74 Å². The van der Waals surface area contributed by atoms with Gasteiger partial charge in [0.25, 0.3) is 0 Å². The normalized spacial score (nSPS) is 14.4. The van der Waals surface area contributed by atoms with Crippen molar-refractivity contribution in [2.24, 2.45) is 16.8 Å². The molecule has 7 nitrogen and oxygen atoms in total. The van der Waals surface area contributed by atoms with Gasteiger partial charge < -0.3 is 25.4 Å². The first-order chi connectivity index (χ1) is 12.6. The van der Waals surface area contributed by atoms with E-state index in [9.17, 15) is 9.90 Å². The molecule has 0 aliphatic rings. The molecule has 0 heterocycles. The third-order valence-electron chi connectivity index (χ3n) is 3.99. The van der Waals surface area contributed by atoms with Crippen LogP contribution in [0.4, 0.5) is 4.79 Å². The zero-order valence-corrected chi connectivity index (χ0v) is 18.5. The zero-order valence-electron chi connectivity index (χ0n) is 18.5. The van der Waals surface area contributed by atoms with Crippen molar-refractivity contribution in [2.45, 2.75) is 66.4 Å². The summed E-state index contributed by atoms with van der Waals surface area (Å²) in [4.78, 5) is 18.3. The lowest BCUT2D eigenvalue weighted by Gasteiger charge is -2.26. The first-order valence-electron chi connectivity index (χ1n) is 10.2. The second kappa shape index (κ2) is 13.6. The maximum atomic E-state index is 12.1. The fourth-order valence-corrected chi connectivity index (χ4v) is 2.71. The Labute approximate surface area is 165 Å². The number of hydrogen-bond acceptors (Lipinski definition) is 4. The minimum absolute atomic E-state index is 0.210. The summed E-state index contributed by atoms with van der Waals surface area (Å²) in [6.07, 6.45) is 2.69. The van der Waals surface area contributed by atoms with Crippen LogP contribution >= 0.6 is 0 Å². The molecule has 2 atom stereocenters. The topological polar surface area (TPSA) is 86.2 Å². The monoisotopic (exact) mass is 386 g/mol. The molecule has 0 bridgehead atoms. The number of nitrogens with zero attached hydrogens (tertiary/aromatic N) is 2. The summed E-state index contributed by atoms with van der Waals surface area (Å²) in [6.45, 7) is 14.9. The van der Waals surface area contributed by atoms with E-state index < -0.39 is 5.60 Å². The lowest BCUT2D eigenvalue weighted by molar-refractivity contribution is 0.0279. The van der Waals surface area contributed by atoms with Crippen molar-refractivity contribution in [2.75, 3.05) is 39.8 Å². The van der Waals surface area contributed by atoms with Gasteiger partial charge in [0.2, 0.25) is 0 Å². The highest BCUT2D eigenvalue weighted by Crippen LogP contribution is 2.11. The quantitative estimate of drug-likeness (QED) is 0.375. The molecule has 1 amide bonds. The molecule has 7 heteroatoms. The van der Waals surface area contributed by atoms with Crippen molar-refractivity contribution in [3.05, 3.63) is 0 Å². The van der Waals surface area contributed by atoms with Crippen LogP contribution in [0.2, 0.25) is 0 Å². The molecule has 0 aromatic rings. The van der Waals surface area contributed by atoms with Crippen molar-refractivity contribution in [1.82, 2.24) is 15.5 Å². The first-order valence-corrected chi connectivity index (χ1v) is 10.2. The van der Waals surface area contributed by atoms with Crippen molar-refractivity contribution >= 4 is 12.1 Å². The van der Waals surface area contributed by atoms with Crippen LogP contribution in [0.1, 0.15) is 60.8 Å². The van der Waals surface area contributed by atoms with Crippen molar-refractivity contribution in [3.8, 4) is 0 Å². The number of rotatable bonds is 11. The summed E-state index contributed by atoms with van der Waals surface area (Å²) in [6, 6.07) is 0. The summed E-state index contributed by atoms with van der Waals surface area (Å²) in [5, 5.41) is 15.8. The Morgan fingerprint density at radius 1 is 1.22 bits per heavy atom. The Hall–Kier alpha value is -1.50. The van der Waals surface area contributed by atoms with Crippen LogP contribution in [0.5, 0.6) is 0 Å². The highest BCUT2D eigenvalue weighted by Gasteiger charge is 2.20. The van der Waals surface area contributed by atoms with Crippen LogP contribution in [0.3, 0.4) is 0 Å². The smallest absolute Gasteiger partial charge is 0.410 e. The third kappa shape index (κ3) is 13.3. The molecule has 0 fully saturated rings. The largest absolute Gasteiger partial charge is 0.444 e. The van der Waals surface area contributed by atoms with Crippen LogP contribution in [-0.4, -0.2) is 67.5 Å². The van der Waals surface area contributed by atoms with E-state index in [1.807, 2.05) is 27.7 Å². The summed E-state index contributed by atoms with van der Waals surface area (Å²) < 4.78 is 5.38. The molecule has 0 spiro atoms. The molecule has 0 radical (unpaired) electrons. The predicted molar refractivity (Wildman–Crippen MR) is 112 cm³/mol. The Bertz CT molecular complexity index is 429. The minimum Gasteiger partial charge on any atom is -0.444 e. The van der Waals surface area contributed by atoms with Crippen LogP contribution in [0.25, 0.3) is 0 Å². The van der Waals surface area contributed by atoms with Crippen LogP contribution in [0, 0.1) is 11.8 Å². The molecular formula is C20H42N4O3. The molecule has 27 heavy (non-hydrogen) atoms. The molecule has 3 N–H and O–H groups in total. The van der Waals surface area contributed by atoms with Gasteiger partial charge in [0.05, 0.1) is 0 Å². The highest BCUT2D eigenvalue weighted by molar-refractivity contribution is 5.79. The fraction of sp³-hybridized carbons (Fsp3) is 0.900. The lowest BCUT2D eigenvalue weighted by atomic mass is 10.0. The number of ether oxygens (including phenoxy) is 1. The number of aliphatic hydroxyl groups is 1. The second-order valence-electron chi connectivity index (χ2n) is 8.23. The average Bonchev–Trinajstić information content (AvgIpc) is 2.56. The Morgan fingerprint density at radius 3 is 2.41 bits per heavy atom. The highest BCUT2D eigenvalue weighted by atomic mass is 16.6. The number of hydrogen-bond donors (Lipinski definition) is 3. The Balaban J connectivity index is 4.56. The van der Waals surface area contributed by atoms with Gasteiger partial charge in [0.15, 0.2) is 5.96 Å². The summed E-state index contributed by atoms with van der Waals surface area (Å²) in [5.41, 5.74) is -0.488. The van der Waals surface area contributed by atoms with E-state index in [-0.39, 0.29) is 18.6 Å². The molecule has 0 aromatic heterocycles. The van der Waals surface area contributed by atoms with Gasteiger partial charge in [-0.1, -0.05) is 20.3 Å². The number of carbonyl (C=O) groups is 1. The SMILES string of the molecule is CCCC(CCO)CNC(=NCC(C)CN(C)C(=O)OC(C)(C)C)NCC. The molecule has 0 saturated heterocycles. The Kier molecular flexibility index (Phi) is 12.9. The van der Waals surface area contributed by atoms with Gasteiger partial charge in [-0.2, -0.15) is 0 Å². The maximum absolute atomic E-state index is 12.1. The molecule has 0 aliphatic carbocycles. The van der Waals surface area contributed by atoms with Gasteiger partial charge in [0, 0.05) is 39.8 Å². The van der Waals surface area contributed by atoms with E-state index in [1.54, 1.807) is 11.9 Å². The van der Waals surface area contributed by atoms with Crippen molar-refractivity contribution < 1.29 is 14.6 Å². The number of carbonyl (C=O) groups excluding carboxylic acids is 1. The standard InChI is InChI=1S/C20H42N4O3/c1-8-10-17(11-12-25)14-23-18(21-9-2)22-13-16(3)15-24(7)19(26)27-20(4,5)6/h16-17,25H,8-15H2,1-7H3,(H2,21,22,23). The number of amides is 1. The van der Waals surface area contributed by atoms with Gasteiger partial charge in [-0.25, -0.2) is 4.79 Å². The lowest BCUT2D eigenvalue weighted by Crippen LogP contribution is -2.41. The van der Waals surface area contributed by atoms with Gasteiger partial charge in [-0.3, -0.25) is 4.99 Å². The predicted octanol–water partition coefficient (Wildman–Crippen LogP) is 2.84. The van der Waals surface area contributed by atoms with E-state index in [0.29, 0.717) is 19.0 Å². The summed E-state index contributed by atoms with van der Waals surface area (Å²) in [5.74, 6) is 1.43. The number of nitrogens with one attached hydrogen (secondary N) is 2. The maximum Gasteiger partial charge on any atom is 0.410 e. The number of aliphatic imine (C=N–C) groups is 1. The van der Waals surface area contributed by atoms with Crippen LogP contribution < -0.4 is 10.6 Å². The van der Waals surface area contributed by atoms with E-state index in [0.717, 1.165) is 38.3 Å². The molecule has 160 valence electrons. The minimum atomic E-state index is -0.488. The molecule has 0 aromatic carbocycles. The van der Waals surface area contributed by atoms with Gasteiger partial charge in [0.1, 0.15) is 5.60 Å². The van der Waals surface area contributed by atoms with Crippen LogP contribution in [-0.2, 0) is 4.74 Å². The molecule has 0 saturated carbocycles. The number of aliphatic hydroxyl groups excluding tert-OH is 1. The van der Waals surface area contributed by atoms with Crippen molar-refractivity contribution in [3.63, 3.8) is 0 Å². The van der Waals surface area contributed by atoms with E-state index >= 15 is 0 Å². The average molecular weight is 387 g/mol.